The molecule has 1 aromatic rings. The van der Waals surface area contributed by atoms with Crippen LogP contribution in [0.25, 0.3) is 0 Å². The lowest BCUT2D eigenvalue weighted by atomic mass is 10.2. The van der Waals surface area contributed by atoms with Crippen molar-refractivity contribution >= 4 is 17.4 Å². The van der Waals surface area contributed by atoms with Crippen LogP contribution in [0.15, 0.2) is 0 Å². The molecule has 0 aliphatic carbocycles. The third kappa shape index (κ3) is 4.68. The van der Waals surface area contributed by atoms with E-state index in [-0.39, 0.29) is 6.09 Å². The Morgan fingerprint density at radius 2 is 2.19 bits per heavy atom. The number of hydrogen-bond donors (Lipinski definition) is 1. The molecule has 1 aliphatic rings. The number of nitrogens with one attached hydrogen (secondary N) is 1. The molecule has 0 aromatic carbocycles. The van der Waals surface area contributed by atoms with Crippen LogP contribution in [0.1, 0.15) is 42.8 Å². The maximum atomic E-state index is 12.0. The molecule has 1 aromatic heterocycles. The van der Waals surface area contributed by atoms with Crippen molar-refractivity contribution in [3.63, 3.8) is 0 Å². The van der Waals surface area contributed by atoms with Crippen molar-refractivity contribution in [3.8, 4) is 0 Å². The second-order valence-corrected chi connectivity index (χ2v) is 7.83. The lowest BCUT2D eigenvalue weighted by Crippen LogP contribution is -2.38. The molecular formula is C15H25N3O2S. The van der Waals surface area contributed by atoms with Crippen LogP contribution in [0, 0.1) is 13.8 Å². The van der Waals surface area contributed by atoms with E-state index in [1.54, 1.807) is 16.2 Å². The molecule has 6 heteroatoms. The minimum absolute atomic E-state index is 0.215. The number of carbonyl (C=O) groups is 1. The Bertz CT molecular complexity index is 488. The molecule has 0 radical (unpaired) electrons. The number of aromatic nitrogens is 1. The molecule has 5 nitrogen and oxygen atoms in total. The first-order valence-corrected chi connectivity index (χ1v) is 8.20. The van der Waals surface area contributed by atoms with E-state index in [9.17, 15) is 4.79 Å². The van der Waals surface area contributed by atoms with Crippen LogP contribution in [-0.4, -0.2) is 40.7 Å². The van der Waals surface area contributed by atoms with Gasteiger partial charge in [-0.2, -0.15) is 0 Å². The van der Waals surface area contributed by atoms with Gasteiger partial charge in [-0.1, -0.05) is 0 Å². The van der Waals surface area contributed by atoms with E-state index in [4.69, 9.17) is 4.74 Å². The Balaban J connectivity index is 1.79. The summed E-state index contributed by atoms with van der Waals surface area (Å²) >= 11 is 1.73. The van der Waals surface area contributed by atoms with Crippen molar-refractivity contribution in [2.75, 3.05) is 13.1 Å². The third-order valence-corrected chi connectivity index (χ3v) is 4.53. The van der Waals surface area contributed by atoms with Crippen LogP contribution < -0.4 is 5.32 Å². The van der Waals surface area contributed by atoms with Crippen LogP contribution >= 0.6 is 11.3 Å². The smallest absolute Gasteiger partial charge is 0.410 e. The molecule has 1 atom stereocenters. The van der Waals surface area contributed by atoms with Crippen LogP contribution in [0.3, 0.4) is 0 Å². The first kappa shape index (κ1) is 16.2. The molecule has 2 heterocycles. The zero-order chi connectivity index (χ0) is 15.6. The van der Waals surface area contributed by atoms with E-state index in [1.807, 2.05) is 27.7 Å². The van der Waals surface area contributed by atoms with Crippen molar-refractivity contribution in [1.82, 2.24) is 15.2 Å². The van der Waals surface area contributed by atoms with Gasteiger partial charge in [0.1, 0.15) is 10.6 Å². The summed E-state index contributed by atoms with van der Waals surface area (Å²) in [4.78, 5) is 19.6. The average molecular weight is 311 g/mol. The Kier molecular flexibility index (Phi) is 4.88. The SMILES string of the molecule is Cc1nc(CN[C@@H]2CCN(C(=O)OC(C)(C)C)C2)sc1C. The summed E-state index contributed by atoms with van der Waals surface area (Å²) in [5.74, 6) is 0. The fourth-order valence-electron chi connectivity index (χ4n) is 2.27. The highest BCUT2D eigenvalue weighted by atomic mass is 32.1. The predicted octanol–water partition coefficient (Wildman–Crippen LogP) is 2.86. The number of amides is 1. The van der Waals surface area contributed by atoms with E-state index in [0.29, 0.717) is 12.6 Å². The van der Waals surface area contributed by atoms with Crippen molar-refractivity contribution < 1.29 is 9.53 Å². The first-order valence-electron chi connectivity index (χ1n) is 7.39. The molecule has 0 saturated carbocycles. The molecule has 0 unspecified atom stereocenters. The largest absolute Gasteiger partial charge is 0.444 e. The zero-order valence-electron chi connectivity index (χ0n) is 13.5. The van der Waals surface area contributed by atoms with Crippen molar-refractivity contribution in [1.29, 1.82) is 0 Å². The minimum atomic E-state index is -0.432. The monoisotopic (exact) mass is 311 g/mol. The summed E-state index contributed by atoms with van der Waals surface area (Å²) in [6.45, 7) is 12.0. The maximum absolute atomic E-state index is 12.0. The quantitative estimate of drug-likeness (QED) is 0.932. The number of rotatable bonds is 3. The number of nitrogens with zero attached hydrogens (tertiary/aromatic N) is 2. The number of thiazole rings is 1. The molecule has 1 amide bonds. The van der Waals surface area contributed by atoms with Gasteiger partial charge in [0.2, 0.25) is 0 Å². The molecular weight excluding hydrogens is 286 g/mol. The van der Waals surface area contributed by atoms with Gasteiger partial charge < -0.3 is 15.0 Å². The number of aryl methyl sites for hydroxylation is 2. The fraction of sp³-hybridized carbons (Fsp3) is 0.733. The Morgan fingerprint density at radius 1 is 1.48 bits per heavy atom. The minimum Gasteiger partial charge on any atom is -0.444 e. The van der Waals surface area contributed by atoms with Crippen LogP contribution in [0.2, 0.25) is 0 Å². The van der Waals surface area contributed by atoms with Gasteiger partial charge in [0.25, 0.3) is 0 Å². The van der Waals surface area contributed by atoms with Gasteiger partial charge in [-0.25, -0.2) is 9.78 Å². The van der Waals surface area contributed by atoms with Gasteiger partial charge >= 0.3 is 6.09 Å². The van der Waals surface area contributed by atoms with Crippen LogP contribution in [-0.2, 0) is 11.3 Å². The molecule has 0 spiro atoms. The molecule has 1 fully saturated rings. The van der Waals surface area contributed by atoms with Gasteiger partial charge in [-0.15, -0.1) is 11.3 Å². The second kappa shape index (κ2) is 6.32. The standard InChI is InChI=1S/C15H25N3O2S/c1-10-11(2)21-13(17-10)8-16-12-6-7-18(9-12)14(19)20-15(3,4)5/h12,16H,6-9H2,1-5H3/t12-/m1/s1. The summed E-state index contributed by atoms with van der Waals surface area (Å²) in [6.07, 6.45) is 0.746. The number of carbonyl (C=O) groups excluding carboxylic acids is 1. The number of hydrogen-bond acceptors (Lipinski definition) is 5. The Hall–Kier alpha value is -1.14. The lowest BCUT2D eigenvalue weighted by Gasteiger charge is -2.24. The summed E-state index contributed by atoms with van der Waals surface area (Å²) < 4.78 is 5.40. The van der Waals surface area contributed by atoms with Crippen LogP contribution in [0.5, 0.6) is 0 Å². The highest BCUT2D eigenvalue weighted by molar-refractivity contribution is 7.11. The Morgan fingerprint density at radius 3 is 2.76 bits per heavy atom. The van der Waals surface area contributed by atoms with Gasteiger partial charge in [0.05, 0.1) is 5.69 Å². The summed E-state index contributed by atoms with van der Waals surface area (Å²) in [5, 5.41) is 4.60. The normalized spacial score (nSPS) is 19.1. The molecule has 21 heavy (non-hydrogen) atoms. The van der Waals surface area contributed by atoms with Gasteiger partial charge in [0.15, 0.2) is 0 Å². The van der Waals surface area contributed by atoms with Gasteiger partial charge in [0, 0.05) is 30.6 Å². The first-order chi connectivity index (χ1) is 9.74. The molecule has 1 saturated heterocycles. The van der Waals surface area contributed by atoms with Crippen molar-refractivity contribution in [3.05, 3.63) is 15.6 Å². The molecule has 0 bridgehead atoms. The fourth-order valence-corrected chi connectivity index (χ4v) is 3.15. The second-order valence-electron chi connectivity index (χ2n) is 6.54. The summed E-state index contributed by atoms with van der Waals surface area (Å²) in [6, 6.07) is 0.321. The van der Waals surface area contributed by atoms with Gasteiger partial charge in [-0.05, 0) is 41.0 Å². The number of ether oxygens (including phenoxy) is 1. The average Bonchev–Trinajstić information content (AvgIpc) is 2.93. The highest BCUT2D eigenvalue weighted by Crippen LogP contribution is 2.18. The number of likely N-dealkylation sites (tertiary alicyclic amines) is 1. The molecule has 1 aliphatic heterocycles. The topological polar surface area (TPSA) is 54.5 Å². The molecule has 2 rings (SSSR count). The van der Waals surface area contributed by atoms with E-state index < -0.39 is 5.60 Å². The highest BCUT2D eigenvalue weighted by Gasteiger charge is 2.29. The summed E-state index contributed by atoms with van der Waals surface area (Å²) in [7, 11) is 0. The van der Waals surface area contributed by atoms with E-state index in [1.165, 1.54) is 4.88 Å². The van der Waals surface area contributed by atoms with Crippen molar-refractivity contribution in [2.24, 2.45) is 0 Å². The van der Waals surface area contributed by atoms with E-state index in [2.05, 4.69) is 17.2 Å². The Labute approximate surface area is 130 Å². The third-order valence-electron chi connectivity index (χ3n) is 3.45. The lowest BCUT2D eigenvalue weighted by molar-refractivity contribution is 0.0291. The van der Waals surface area contributed by atoms with Gasteiger partial charge in [-0.3, -0.25) is 0 Å². The van der Waals surface area contributed by atoms with Crippen LogP contribution in [0.4, 0.5) is 4.79 Å². The van der Waals surface area contributed by atoms with E-state index in [0.717, 1.165) is 30.2 Å². The summed E-state index contributed by atoms with van der Waals surface area (Å²) in [5.41, 5.74) is 0.678. The maximum Gasteiger partial charge on any atom is 0.410 e. The van der Waals surface area contributed by atoms with E-state index >= 15 is 0 Å². The predicted molar refractivity (Wildman–Crippen MR) is 84.6 cm³/mol. The zero-order valence-corrected chi connectivity index (χ0v) is 14.3. The van der Waals surface area contributed by atoms with Crippen molar-refractivity contribution in [2.45, 2.75) is 59.2 Å². The molecule has 1 N–H and O–H groups in total. The molecule has 118 valence electrons.